The number of rotatable bonds is 18. The number of para-hydroxylation sites is 11. The number of aromatic nitrogens is 8. The van der Waals surface area contributed by atoms with Crippen molar-refractivity contribution in [3.8, 4) is 86.0 Å². The first kappa shape index (κ1) is 87.2. The smallest absolute Gasteiger partial charge is 0.418 e. The SMILES string of the molecule is COc1cccc(/C=C/c2nc3ccccc3c(=O)n2-c2c(C)cccc2OC)c1OC(C)=O.COc1cccc(/C=C/c2nc3ccccc3c(=O)n2-c2c(O)cccc2O)c1O.COc1cccc(/C=C/c2nc3ccccc3c(=O)n2-c2cccc(C)c2C)c1O.COc1cccc(/C=C/c2nc3ccccc3c(=O)n2-c2ccccc2C(F)(F)F)c1O. The number of ether oxygens (including phenoxy) is 6. The lowest BCUT2D eigenvalue weighted by Crippen LogP contribution is -2.25. The molecular formula is C99H81F3N8O16. The molecule has 12 aromatic carbocycles. The van der Waals surface area contributed by atoms with Crippen molar-refractivity contribution in [3.05, 3.63) is 358 Å². The Kier molecular flexibility index (Phi) is 26.6. The maximum atomic E-state index is 13.7. The summed E-state index contributed by atoms with van der Waals surface area (Å²) in [5.74, 6) is 2.03. The third-order valence-electron chi connectivity index (χ3n) is 20.2. The summed E-state index contributed by atoms with van der Waals surface area (Å²) in [6.45, 7) is 7.25. The van der Waals surface area contributed by atoms with Crippen molar-refractivity contribution in [2.75, 3.05) is 35.5 Å². The van der Waals surface area contributed by atoms with Gasteiger partial charge in [0.2, 0.25) is 0 Å². The maximum absolute atomic E-state index is 13.7. The standard InChI is InChI=1S/C27H24N2O5.C25H22N2O3.C24H17F3N2O3.C23H18N2O5/c1-17-9-7-13-22(32-3)25(17)29-24(28-21-12-6-5-11-20(21)27(29)31)16-15-19-10-8-14-23(33-4)26(19)34-18(2)30;1-16-8-6-12-21(17(16)2)27-23(26-20-11-5-4-10-19(20)25(27)29)15-14-18-9-7-13-22(30-3)24(18)28;1-32-20-12-6-7-15(22(20)30)13-14-21-28-18-10-4-2-8-16(18)23(31)29(21)19-11-5-3-9-17(19)24(25,26)27;1-30-19-11-4-6-14(22(19)28)12-13-20-24-16-8-3-2-7-15(16)23(29)25(20)21-17(26)9-5-10-18(21)27/h5-16H,1-4H3;4-15,28H,1-3H3;2-14,30H,1H3;2-13,26-28H,1H3/b16-15+;15-14+;14-13+;13-12+. The number of benzene rings is 12. The monoisotopic (exact) mass is 1690 g/mol. The fourth-order valence-corrected chi connectivity index (χ4v) is 13.9. The topological polar surface area (TPSA) is 313 Å². The van der Waals surface area contributed by atoms with Gasteiger partial charge < -0.3 is 54.0 Å². The van der Waals surface area contributed by atoms with Crippen molar-refractivity contribution in [2.45, 2.75) is 33.9 Å². The molecule has 0 unspecified atom stereocenters. The van der Waals surface area contributed by atoms with Crippen LogP contribution in [0.25, 0.3) is 115 Å². The number of aryl methyl sites for hydroxylation is 2. The molecule has 16 aromatic rings. The lowest BCUT2D eigenvalue weighted by atomic mass is 10.1. The van der Waals surface area contributed by atoms with Gasteiger partial charge in [-0.15, -0.1) is 0 Å². The molecule has 0 radical (unpaired) electrons. The fraction of sp³-hybridized carbons (Fsp3) is 0.101. The van der Waals surface area contributed by atoms with E-state index in [-0.39, 0.29) is 79.8 Å². The van der Waals surface area contributed by atoms with Crippen LogP contribution in [0.2, 0.25) is 0 Å². The second-order valence-corrected chi connectivity index (χ2v) is 28.0. The maximum Gasteiger partial charge on any atom is 0.418 e. The van der Waals surface area contributed by atoms with Gasteiger partial charge in [0.25, 0.3) is 22.2 Å². The molecule has 0 aliphatic carbocycles. The first-order valence-electron chi connectivity index (χ1n) is 38.9. The molecule has 126 heavy (non-hydrogen) atoms. The Morgan fingerprint density at radius 2 is 0.643 bits per heavy atom. The zero-order chi connectivity index (χ0) is 89.6. The fourth-order valence-electron chi connectivity index (χ4n) is 13.9. The number of halogens is 3. The second kappa shape index (κ2) is 38.4. The number of nitrogens with zero attached hydrogens (tertiary/aromatic N) is 8. The van der Waals surface area contributed by atoms with Crippen LogP contribution >= 0.6 is 0 Å². The zero-order valence-corrected chi connectivity index (χ0v) is 69.2. The normalized spacial score (nSPS) is 11.4. The number of fused-ring (bicyclic) bond motifs is 4. The molecule has 0 aliphatic heterocycles. The van der Waals surface area contributed by atoms with Crippen molar-refractivity contribution >= 4 is 98.2 Å². The number of alkyl halides is 3. The Morgan fingerprint density at radius 3 is 1.06 bits per heavy atom. The van der Waals surface area contributed by atoms with Gasteiger partial charge in [-0.25, -0.2) is 19.9 Å². The van der Waals surface area contributed by atoms with Gasteiger partial charge in [-0.05, 0) is 195 Å². The Morgan fingerprint density at radius 1 is 0.333 bits per heavy atom. The first-order chi connectivity index (χ1) is 60.8. The largest absolute Gasteiger partial charge is 0.506 e. The molecule has 0 saturated heterocycles. The van der Waals surface area contributed by atoms with E-state index in [1.807, 2.05) is 81.4 Å². The lowest BCUT2D eigenvalue weighted by Gasteiger charge is -2.17. The van der Waals surface area contributed by atoms with Gasteiger partial charge in [-0.3, -0.25) is 42.2 Å². The minimum absolute atomic E-state index is 0.0207. The molecule has 0 bridgehead atoms. The summed E-state index contributed by atoms with van der Waals surface area (Å²) in [7, 11) is 7.43. The second-order valence-electron chi connectivity index (χ2n) is 28.0. The number of hydrogen-bond donors (Lipinski definition) is 5. The number of carbonyl (C=O) groups is 1. The Labute approximate surface area is 718 Å². The summed E-state index contributed by atoms with van der Waals surface area (Å²) < 4.78 is 78.0. The van der Waals surface area contributed by atoms with E-state index in [1.165, 1.54) is 96.1 Å². The predicted octanol–water partition coefficient (Wildman–Crippen LogP) is 18.7. The van der Waals surface area contributed by atoms with Gasteiger partial charge in [0, 0.05) is 29.2 Å². The molecule has 24 nitrogen and oxygen atoms in total. The predicted molar refractivity (Wildman–Crippen MR) is 482 cm³/mol. The Balaban J connectivity index is 0.000000144. The molecule has 16 rings (SSSR count). The van der Waals surface area contributed by atoms with Gasteiger partial charge in [0.15, 0.2) is 46.0 Å². The van der Waals surface area contributed by atoms with Crippen LogP contribution in [0.1, 0.15) is 74.7 Å². The van der Waals surface area contributed by atoms with Crippen molar-refractivity contribution < 1.29 is 71.9 Å². The van der Waals surface area contributed by atoms with E-state index in [9.17, 15) is 62.7 Å². The van der Waals surface area contributed by atoms with Crippen LogP contribution in [0.3, 0.4) is 0 Å². The molecule has 0 amide bonds. The van der Waals surface area contributed by atoms with Gasteiger partial charge in [-0.2, -0.15) is 13.2 Å². The van der Waals surface area contributed by atoms with Crippen molar-refractivity contribution in [3.63, 3.8) is 0 Å². The summed E-state index contributed by atoms with van der Waals surface area (Å²) in [6.07, 6.45) is 8.18. The minimum Gasteiger partial charge on any atom is -0.506 e. The van der Waals surface area contributed by atoms with Crippen LogP contribution in [-0.2, 0) is 11.0 Å². The van der Waals surface area contributed by atoms with Crippen LogP contribution in [-0.4, -0.2) is 105 Å². The first-order valence-corrected chi connectivity index (χ1v) is 38.9. The highest BCUT2D eigenvalue weighted by molar-refractivity contribution is 5.86. The van der Waals surface area contributed by atoms with Crippen LogP contribution < -0.4 is 50.7 Å². The van der Waals surface area contributed by atoms with E-state index in [0.29, 0.717) is 101 Å². The number of carbonyl (C=O) groups excluding carboxylic acids is 1. The zero-order valence-electron chi connectivity index (χ0n) is 69.2. The molecule has 0 spiro atoms. The third-order valence-corrected chi connectivity index (χ3v) is 20.2. The highest BCUT2D eigenvalue weighted by Crippen LogP contribution is 2.39. The molecule has 27 heteroatoms. The number of phenols is 5. The number of methoxy groups -OCH3 is 5. The van der Waals surface area contributed by atoms with Crippen LogP contribution in [0, 0.1) is 20.8 Å². The van der Waals surface area contributed by atoms with Crippen molar-refractivity contribution in [2.24, 2.45) is 0 Å². The van der Waals surface area contributed by atoms with E-state index in [2.05, 4.69) is 9.97 Å². The van der Waals surface area contributed by atoms with E-state index in [1.54, 1.807) is 186 Å². The average molecular weight is 1700 g/mol. The summed E-state index contributed by atoms with van der Waals surface area (Å²) in [5.41, 5.74) is 5.51. The highest BCUT2D eigenvalue weighted by atomic mass is 19.4. The number of hydrogen-bond acceptors (Lipinski definition) is 20. The van der Waals surface area contributed by atoms with Crippen LogP contribution in [0.4, 0.5) is 13.2 Å². The van der Waals surface area contributed by atoms with E-state index >= 15 is 0 Å². The number of aromatic hydroxyl groups is 5. The van der Waals surface area contributed by atoms with E-state index < -0.39 is 28.8 Å². The minimum atomic E-state index is -4.67. The molecule has 0 atom stereocenters. The molecule has 0 fully saturated rings. The Hall–Kier alpha value is -16.6. The van der Waals surface area contributed by atoms with E-state index in [4.69, 9.17) is 38.4 Å². The molecule has 0 saturated carbocycles. The molecule has 0 aliphatic rings. The number of phenolic OH excluding ortho intramolecular Hbond substituents is 5. The average Bonchev–Trinajstić information content (AvgIpc) is 0.771. The van der Waals surface area contributed by atoms with Crippen molar-refractivity contribution in [1.82, 2.24) is 38.2 Å². The van der Waals surface area contributed by atoms with Gasteiger partial charge in [0.1, 0.15) is 46.2 Å². The summed E-state index contributed by atoms with van der Waals surface area (Å²) in [4.78, 5) is 83.6. The molecule has 5 N–H and O–H groups in total. The molecule has 4 heterocycles. The van der Waals surface area contributed by atoms with Gasteiger partial charge >= 0.3 is 12.1 Å². The molecular weight excluding hydrogens is 1610 g/mol. The van der Waals surface area contributed by atoms with E-state index in [0.717, 1.165) is 37.6 Å². The summed E-state index contributed by atoms with van der Waals surface area (Å²) in [5, 5.41) is 53.3. The molecule has 4 aromatic heterocycles. The summed E-state index contributed by atoms with van der Waals surface area (Å²) >= 11 is 0. The quantitative estimate of drug-likeness (QED) is 0.0394. The Bertz CT molecular complexity index is 7240. The van der Waals surface area contributed by atoms with Crippen LogP contribution in [0.5, 0.6) is 63.2 Å². The van der Waals surface area contributed by atoms with Gasteiger partial charge in [0.05, 0.1) is 102 Å². The molecule has 634 valence electrons. The third kappa shape index (κ3) is 18.5. The lowest BCUT2D eigenvalue weighted by molar-refractivity contribution is -0.137. The highest BCUT2D eigenvalue weighted by Gasteiger charge is 2.35. The van der Waals surface area contributed by atoms with Crippen molar-refractivity contribution in [1.29, 1.82) is 0 Å². The van der Waals surface area contributed by atoms with Crippen LogP contribution in [0.15, 0.2) is 268 Å². The summed E-state index contributed by atoms with van der Waals surface area (Å²) in [6, 6.07) is 68.6. The number of esters is 1. The van der Waals surface area contributed by atoms with Gasteiger partial charge in [-0.1, -0.05) is 140 Å².